The molecular formula is C16H20N4O3S. The molecule has 128 valence electrons. The molecule has 0 radical (unpaired) electrons. The number of aliphatic hydroxyl groups excluding tert-OH is 1. The topological polar surface area (TPSA) is 105 Å². The molecule has 1 atom stereocenters. The highest BCUT2D eigenvalue weighted by molar-refractivity contribution is 7.13. The van der Waals surface area contributed by atoms with E-state index in [0.717, 1.165) is 37.7 Å². The molecule has 7 nitrogen and oxygen atoms in total. The fourth-order valence-corrected chi connectivity index (χ4v) is 2.88. The van der Waals surface area contributed by atoms with Crippen molar-refractivity contribution in [2.45, 2.75) is 38.6 Å². The maximum atomic E-state index is 12.3. The SMILES string of the molecule is CC(NC(=O)c1cc(CCCCCO)ncn1)c1ncc(C=O)s1. The predicted octanol–water partition coefficient (Wildman–Crippen LogP) is 1.94. The standard InChI is InChI=1S/C16H20N4O3S/c1-11(16-17-8-13(9-22)24-16)20-15(23)14-7-12(18-10-19-14)5-3-2-4-6-21/h7-11,21H,2-6H2,1H3,(H,20,23). The van der Waals surface area contributed by atoms with Gasteiger partial charge in [-0.15, -0.1) is 11.3 Å². The first-order chi connectivity index (χ1) is 11.6. The third-order valence-electron chi connectivity index (χ3n) is 3.42. The van der Waals surface area contributed by atoms with Crippen molar-refractivity contribution in [1.82, 2.24) is 20.3 Å². The van der Waals surface area contributed by atoms with Gasteiger partial charge in [-0.3, -0.25) is 9.59 Å². The number of hydrogen-bond acceptors (Lipinski definition) is 7. The van der Waals surface area contributed by atoms with Gasteiger partial charge in [-0.05, 0) is 32.3 Å². The van der Waals surface area contributed by atoms with Crippen LogP contribution in [0.3, 0.4) is 0 Å². The Morgan fingerprint density at radius 1 is 1.33 bits per heavy atom. The Morgan fingerprint density at radius 2 is 2.17 bits per heavy atom. The van der Waals surface area contributed by atoms with Gasteiger partial charge in [-0.1, -0.05) is 6.42 Å². The van der Waals surface area contributed by atoms with Crippen molar-refractivity contribution in [1.29, 1.82) is 0 Å². The molecule has 1 unspecified atom stereocenters. The van der Waals surface area contributed by atoms with Crippen LogP contribution >= 0.6 is 11.3 Å². The van der Waals surface area contributed by atoms with Gasteiger partial charge in [0, 0.05) is 18.5 Å². The van der Waals surface area contributed by atoms with Gasteiger partial charge < -0.3 is 10.4 Å². The summed E-state index contributed by atoms with van der Waals surface area (Å²) in [5, 5.41) is 12.3. The van der Waals surface area contributed by atoms with Crippen molar-refractivity contribution in [2.24, 2.45) is 0 Å². The number of nitrogens with zero attached hydrogens (tertiary/aromatic N) is 3. The fraction of sp³-hybridized carbons (Fsp3) is 0.438. The Morgan fingerprint density at radius 3 is 2.88 bits per heavy atom. The number of rotatable bonds is 9. The second kappa shape index (κ2) is 9.19. The summed E-state index contributed by atoms with van der Waals surface area (Å²) in [6.45, 7) is 2.00. The number of aryl methyl sites for hydroxylation is 1. The van der Waals surface area contributed by atoms with Crippen LogP contribution in [0, 0.1) is 0 Å². The van der Waals surface area contributed by atoms with Gasteiger partial charge in [0.2, 0.25) is 0 Å². The zero-order chi connectivity index (χ0) is 17.4. The molecule has 24 heavy (non-hydrogen) atoms. The molecule has 0 aliphatic carbocycles. The van der Waals surface area contributed by atoms with Gasteiger partial charge >= 0.3 is 0 Å². The maximum absolute atomic E-state index is 12.3. The molecule has 0 saturated heterocycles. The number of thiazole rings is 1. The second-order valence-electron chi connectivity index (χ2n) is 5.34. The summed E-state index contributed by atoms with van der Waals surface area (Å²) in [7, 11) is 0. The number of aromatic nitrogens is 3. The Balaban J connectivity index is 1.94. The average Bonchev–Trinajstić information content (AvgIpc) is 3.08. The highest BCUT2D eigenvalue weighted by atomic mass is 32.1. The molecule has 0 fully saturated rings. The van der Waals surface area contributed by atoms with Crippen LogP contribution in [0.4, 0.5) is 0 Å². The molecule has 2 heterocycles. The molecule has 0 bridgehead atoms. The van der Waals surface area contributed by atoms with Crippen LogP contribution in [0.15, 0.2) is 18.6 Å². The summed E-state index contributed by atoms with van der Waals surface area (Å²) in [6.07, 6.45) is 6.95. The van der Waals surface area contributed by atoms with Crippen molar-refractivity contribution in [2.75, 3.05) is 6.61 Å². The summed E-state index contributed by atoms with van der Waals surface area (Å²) < 4.78 is 0. The van der Waals surface area contributed by atoms with E-state index >= 15 is 0 Å². The zero-order valence-corrected chi connectivity index (χ0v) is 14.3. The van der Waals surface area contributed by atoms with Crippen LogP contribution < -0.4 is 5.32 Å². The van der Waals surface area contributed by atoms with Crippen molar-refractivity contribution < 1.29 is 14.7 Å². The summed E-state index contributed by atoms with van der Waals surface area (Å²) in [6, 6.07) is 1.37. The predicted molar refractivity (Wildman–Crippen MR) is 90.1 cm³/mol. The Kier molecular flexibility index (Phi) is 6.95. The molecule has 2 rings (SSSR count). The van der Waals surface area contributed by atoms with Crippen molar-refractivity contribution in [3.05, 3.63) is 39.9 Å². The van der Waals surface area contributed by atoms with Gasteiger partial charge in [0.25, 0.3) is 5.91 Å². The summed E-state index contributed by atoms with van der Waals surface area (Å²) >= 11 is 1.25. The Hall–Kier alpha value is -2.19. The number of aliphatic hydroxyl groups is 1. The summed E-state index contributed by atoms with van der Waals surface area (Å²) in [5.74, 6) is -0.302. The summed E-state index contributed by atoms with van der Waals surface area (Å²) in [4.78, 5) is 35.8. The van der Waals surface area contributed by atoms with E-state index in [1.54, 1.807) is 6.07 Å². The van der Waals surface area contributed by atoms with E-state index in [0.29, 0.717) is 15.6 Å². The van der Waals surface area contributed by atoms with E-state index in [4.69, 9.17) is 5.11 Å². The van der Waals surface area contributed by atoms with Crippen LogP contribution in [-0.2, 0) is 6.42 Å². The number of carbonyl (C=O) groups is 2. The van der Waals surface area contributed by atoms with Crippen LogP contribution in [0.25, 0.3) is 0 Å². The van der Waals surface area contributed by atoms with E-state index in [9.17, 15) is 9.59 Å². The van der Waals surface area contributed by atoms with E-state index in [2.05, 4.69) is 20.3 Å². The van der Waals surface area contributed by atoms with E-state index in [1.165, 1.54) is 23.9 Å². The lowest BCUT2D eigenvalue weighted by Gasteiger charge is -2.11. The average molecular weight is 348 g/mol. The van der Waals surface area contributed by atoms with Crippen LogP contribution in [-0.4, -0.2) is 38.9 Å². The van der Waals surface area contributed by atoms with E-state index in [-0.39, 0.29) is 18.6 Å². The fourth-order valence-electron chi connectivity index (χ4n) is 2.14. The van der Waals surface area contributed by atoms with Crippen LogP contribution in [0.5, 0.6) is 0 Å². The van der Waals surface area contributed by atoms with Crippen molar-refractivity contribution >= 4 is 23.5 Å². The third kappa shape index (κ3) is 5.17. The highest BCUT2D eigenvalue weighted by Gasteiger charge is 2.16. The largest absolute Gasteiger partial charge is 0.396 e. The third-order valence-corrected chi connectivity index (χ3v) is 4.53. The zero-order valence-electron chi connectivity index (χ0n) is 13.4. The first-order valence-electron chi connectivity index (χ1n) is 7.77. The van der Waals surface area contributed by atoms with Gasteiger partial charge in [-0.25, -0.2) is 15.0 Å². The number of unbranched alkanes of at least 4 members (excludes halogenated alkanes) is 2. The van der Waals surface area contributed by atoms with E-state index < -0.39 is 0 Å². The molecule has 1 amide bonds. The Bertz CT molecular complexity index is 689. The molecule has 2 N–H and O–H groups in total. The minimum atomic E-state index is -0.306. The maximum Gasteiger partial charge on any atom is 0.270 e. The van der Waals surface area contributed by atoms with Crippen molar-refractivity contribution in [3.63, 3.8) is 0 Å². The van der Waals surface area contributed by atoms with Gasteiger partial charge in [0.15, 0.2) is 6.29 Å². The number of nitrogens with one attached hydrogen (secondary N) is 1. The highest BCUT2D eigenvalue weighted by Crippen LogP contribution is 2.19. The lowest BCUT2D eigenvalue weighted by Crippen LogP contribution is -2.27. The smallest absolute Gasteiger partial charge is 0.270 e. The van der Waals surface area contributed by atoms with E-state index in [1.807, 2.05) is 6.92 Å². The molecule has 0 aromatic carbocycles. The lowest BCUT2D eigenvalue weighted by molar-refractivity contribution is 0.0934. The van der Waals surface area contributed by atoms with Gasteiger partial charge in [0.05, 0.1) is 10.9 Å². The molecule has 8 heteroatoms. The second-order valence-corrected chi connectivity index (χ2v) is 6.44. The van der Waals surface area contributed by atoms with Gasteiger partial charge in [0.1, 0.15) is 17.0 Å². The van der Waals surface area contributed by atoms with Gasteiger partial charge in [-0.2, -0.15) is 0 Å². The quantitative estimate of drug-likeness (QED) is 0.530. The number of hydrogen-bond donors (Lipinski definition) is 2. The first kappa shape index (κ1) is 18.2. The molecule has 0 aliphatic rings. The molecule has 2 aromatic rings. The molecule has 0 saturated carbocycles. The first-order valence-corrected chi connectivity index (χ1v) is 8.59. The number of aldehydes is 1. The normalized spacial score (nSPS) is 11.9. The minimum absolute atomic E-state index is 0.192. The molecular weight excluding hydrogens is 328 g/mol. The molecule has 0 aliphatic heterocycles. The van der Waals surface area contributed by atoms with Crippen LogP contribution in [0.2, 0.25) is 0 Å². The Labute approximate surface area is 144 Å². The monoisotopic (exact) mass is 348 g/mol. The van der Waals surface area contributed by atoms with Crippen molar-refractivity contribution in [3.8, 4) is 0 Å². The van der Waals surface area contributed by atoms with Crippen LogP contribution in [0.1, 0.15) is 63.1 Å². The molecule has 2 aromatic heterocycles. The molecule has 0 spiro atoms. The summed E-state index contributed by atoms with van der Waals surface area (Å²) in [5.41, 5.74) is 1.11. The number of carbonyl (C=O) groups excluding carboxylic acids is 2. The lowest BCUT2D eigenvalue weighted by atomic mass is 10.1. The minimum Gasteiger partial charge on any atom is -0.396 e. The number of amides is 1.